The van der Waals surface area contributed by atoms with Gasteiger partial charge >= 0.3 is 0 Å². The quantitative estimate of drug-likeness (QED) is 0.692. The normalized spacial score (nSPS) is 14.0. The van der Waals surface area contributed by atoms with E-state index in [4.69, 9.17) is 16.2 Å². The number of rotatable bonds is 0. The Morgan fingerprint density at radius 1 is 0.913 bits per heavy atom. The van der Waals surface area contributed by atoms with Crippen molar-refractivity contribution in [2.45, 2.75) is 46.6 Å². The van der Waals surface area contributed by atoms with Gasteiger partial charge < -0.3 is 16.2 Å². The van der Waals surface area contributed by atoms with Gasteiger partial charge in [-0.2, -0.15) is 0 Å². The Morgan fingerprint density at radius 2 is 1.48 bits per heavy atom. The van der Waals surface area contributed by atoms with E-state index in [1.54, 1.807) is 0 Å². The van der Waals surface area contributed by atoms with Crippen molar-refractivity contribution in [1.29, 1.82) is 0 Å². The highest BCUT2D eigenvalue weighted by atomic mass is 35.5. The molecule has 0 saturated carbocycles. The first-order valence-electron chi connectivity index (χ1n) is 7.60. The Bertz CT molecular complexity index is 643. The summed E-state index contributed by atoms with van der Waals surface area (Å²) in [6.45, 7) is 10.5. The molecule has 0 saturated heterocycles. The van der Waals surface area contributed by atoms with Crippen LogP contribution in [-0.2, 0) is 6.42 Å². The highest BCUT2D eigenvalue weighted by Crippen LogP contribution is 2.43. The lowest BCUT2D eigenvalue weighted by Gasteiger charge is -2.18. The maximum Gasteiger partial charge on any atom is 0.127 e. The summed E-state index contributed by atoms with van der Waals surface area (Å²) in [6, 6.07) is 9.49. The molecular formula is C19H27ClN2O. The summed E-state index contributed by atoms with van der Waals surface area (Å²) in [6.07, 6.45) is 0.958. The second-order valence-corrected chi connectivity index (χ2v) is 6.55. The molecule has 0 fully saturated rings. The van der Waals surface area contributed by atoms with Gasteiger partial charge in [-0.3, -0.25) is 0 Å². The highest BCUT2D eigenvalue weighted by molar-refractivity contribution is 5.85. The first-order valence-corrected chi connectivity index (χ1v) is 7.60. The molecule has 4 N–H and O–H groups in total. The van der Waals surface area contributed by atoms with Crippen LogP contribution in [0.15, 0.2) is 30.3 Å². The zero-order valence-corrected chi connectivity index (χ0v) is 15.4. The van der Waals surface area contributed by atoms with Crippen LogP contribution < -0.4 is 16.2 Å². The fourth-order valence-electron chi connectivity index (χ4n) is 2.75. The molecule has 1 aliphatic heterocycles. The number of fused-ring (bicyclic) bond motifs is 1. The van der Waals surface area contributed by atoms with E-state index in [0.29, 0.717) is 0 Å². The average molecular weight is 335 g/mol. The molecule has 0 bridgehead atoms. The predicted octanol–water partition coefficient (Wildman–Crippen LogP) is 4.60. The van der Waals surface area contributed by atoms with Crippen LogP contribution >= 0.6 is 12.4 Å². The van der Waals surface area contributed by atoms with Crippen molar-refractivity contribution < 1.29 is 4.74 Å². The Kier molecular flexibility index (Phi) is 5.95. The maximum atomic E-state index is 6.09. The monoisotopic (exact) mass is 334 g/mol. The number of nitrogen functional groups attached to an aromatic ring is 2. The summed E-state index contributed by atoms with van der Waals surface area (Å²) >= 11 is 0. The zero-order chi connectivity index (χ0) is 16.5. The molecule has 1 aliphatic rings. The third-order valence-corrected chi connectivity index (χ3v) is 4.22. The van der Waals surface area contributed by atoms with Crippen LogP contribution in [0, 0.1) is 20.8 Å². The molecule has 0 atom stereocenters. The van der Waals surface area contributed by atoms with Crippen LogP contribution in [0.3, 0.4) is 0 Å². The van der Waals surface area contributed by atoms with E-state index in [-0.39, 0.29) is 18.0 Å². The molecule has 0 aromatic heterocycles. The second-order valence-electron chi connectivity index (χ2n) is 6.55. The van der Waals surface area contributed by atoms with E-state index >= 15 is 0 Å². The van der Waals surface area contributed by atoms with Gasteiger partial charge in [0, 0.05) is 23.4 Å². The van der Waals surface area contributed by atoms with Crippen LogP contribution in [0.5, 0.6) is 5.75 Å². The fourth-order valence-corrected chi connectivity index (χ4v) is 2.75. The standard InChI is InChI=1S/C13H19NO.C6H7N.ClH/c1-7-8(2)12-10(9(3)11(7)14)6-13(4,5)15-12;7-6-4-2-1-3-5-6;/h6,14H2,1-5H3;1-5H,7H2;1H. The number of halogens is 1. The van der Waals surface area contributed by atoms with E-state index in [1.165, 1.54) is 16.7 Å². The minimum atomic E-state index is -0.0852. The molecule has 2 aromatic carbocycles. The molecule has 3 rings (SSSR count). The van der Waals surface area contributed by atoms with Crippen molar-refractivity contribution in [1.82, 2.24) is 0 Å². The van der Waals surface area contributed by atoms with E-state index in [2.05, 4.69) is 34.6 Å². The minimum Gasteiger partial charge on any atom is -0.487 e. The largest absolute Gasteiger partial charge is 0.487 e. The van der Waals surface area contributed by atoms with Gasteiger partial charge in [-0.1, -0.05) is 18.2 Å². The van der Waals surface area contributed by atoms with Crippen molar-refractivity contribution in [3.63, 3.8) is 0 Å². The van der Waals surface area contributed by atoms with Crippen molar-refractivity contribution in [2.75, 3.05) is 11.5 Å². The Hall–Kier alpha value is -1.87. The summed E-state index contributed by atoms with van der Waals surface area (Å²) in [4.78, 5) is 0. The van der Waals surface area contributed by atoms with Crippen LogP contribution in [0.1, 0.15) is 36.1 Å². The second kappa shape index (κ2) is 7.14. The molecule has 1 heterocycles. The molecule has 23 heavy (non-hydrogen) atoms. The summed E-state index contributed by atoms with van der Waals surface area (Å²) in [7, 11) is 0. The van der Waals surface area contributed by atoms with E-state index in [1.807, 2.05) is 30.3 Å². The summed E-state index contributed by atoms with van der Waals surface area (Å²) in [5, 5.41) is 0. The Morgan fingerprint density at radius 3 is 1.96 bits per heavy atom. The molecule has 4 heteroatoms. The van der Waals surface area contributed by atoms with Crippen molar-refractivity contribution in [3.8, 4) is 5.75 Å². The minimum absolute atomic E-state index is 0. The summed E-state index contributed by atoms with van der Waals surface area (Å²) in [5.41, 5.74) is 17.9. The third-order valence-electron chi connectivity index (χ3n) is 4.22. The van der Waals surface area contributed by atoms with Crippen LogP contribution in [-0.4, -0.2) is 5.60 Å². The average Bonchev–Trinajstić information content (AvgIpc) is 2.80. The summed E-state index contributed by atoms with van der Waals surface area (Å²) in [5.74, 6) is 1.06. The van der Waals surface area contributed by atoms with Gasteiger partial charge in [0.2, 0.25) is 0 Å². The fraction of sp³-hybridized carbons (Fsp3) is 0.368. The molecule has 0 radical (unpaired) electrons. The van der Waals surface area contributed by atoms with E-state index in [0.717, 1.165) is 29.1 Å². The van der Waals surface area contributed by atoms with Gasteiger partial charge in [-0.15, -0.1) is 12.4 Å². The van der Waals surface area contributed by atoms with Crippen LogP contribution in [0.4, 0.5) is 11.4 Å². The lowest BCUT2D eigenvalue weighted by Crippen LogP contribution is -2.24. The van der Waals surface area contributed by atoms with Gasteiger partial charge in [-0.25, -0.2) is 0 Å². The van der Waals surface area contributed by atoms with Gasteiger partial charge in [0.05, 0.1) is 0 Å². The molecule has 126 valence electrons. The molecule has 0 spiro atoms. The van der Waals surface area contributed by atoms with Crippen LogP contribution in [0.25, 0.3) is 0 Å². The van der Waals surface area contributed by atoms with E-state index < -0.39 is 0 Å². The predicted molar refractivity (Wildman–Crippen MR) is 102 cm³/mol. The number of para-hydroxylation sites is 1. The summed E-state index contributed by atoms with van der Waals surface area (Å²) < 4.78 is 5.99. The van der Waals surface area contributed by atoms with Gasteiger partial charge in [-0.05, 0) is 63.4 Å². The molecule has 0 amide bonds. The highest BCUT2D eigenvalue weighted by Gasteiger charge is 2.33. The number of nitrogens with two attached hydrogens (primary N) is 2. The van der Waals surface area contributed by atoms with Crippen LogP contribution in [0.2, 0.25) is 0 Å². The molecule has 0 unspecified atom stereocenters. The molecule has 0 aliphatic carbocycles. The molecule has 3 nitrogen and oxygen atoms in total. The lowest BCUT2D eigenvalue weighted by molar-refractivity contribution is 0.137. The lowest BCUT2D eigenvalue weighted by atomic mass is 9.93. The maximum absolute atomic E-state index is 6.09. The van der Waals surface area contributed by atoms with Gasteiger partial charge in [0.1, 0.15) is 11.4 Å². The van der Waals surface area contributed by atoms with Crippen molar-refractivity contribution in [2.24, 2.45) is 0 Å². The Balaban J connectivity index is 0.000000280. The number of hydrogen-bond acceptors (Lipinski definition) is 3. The topological polar surface area (TPSA) is 61.3 Å². The molecule has 2 aromatic rings. The number of anilines is 2. The third kappa shape index (κ3) is 4.11. The van der Waals surface area contributed by atoms with Crippen molar-refractivity contribution >= 4 is 23.8 Å². The van der Waals surface area contributed by atoms with Gasteiger partial charge in [0.25, 0.3) is 0 Å². The first kappa shape index (κ1) is 19.2. The zero-order valence-electron chi connectivity index (χ0n) is 14.6. The SMILES string of the molecule is Cc1c(C)c2c(c(C)c1N)CC(C)(C)O2.Cl.Nc1ccccc1. The number of ether oxygens (including phenoxy) is 1. The number of benzene rings is 2. The number of hydrogen-bond donors (Lipinski definition) is 2. The first-order chi connectivity index (χ1) is 10.2. The van der Waals surface area contributed by atoms with E-state index in [9.17, 15) is 0 Å². The Labute approximate surface area is 145 Å². The smallest absolute Gasteiger partial charge is 0.127 e. The molecular weight excluding hydrogens is 308 g/mol. The van der Waals surface area contributed by atoms with Gasteiger partial charge in [0.15, 0.2) is 0 Å². The van der Waals surface area contributed by atoms with Crippen molar-refractivity contribution in [3.05, 3.63) is 52.6 Å².